The summed E-state index contributed by atoms with van der Waals surface area (Å²) in [7, 11) is -3.44. The molecule has 1 aromatic carbocycles. The molecule has 0 bridgehead atoms. The van der Waals surface area contributed by atoms with Gasteiger partial charge in [-0.1, -0.05) is 50.3 Å². The van der Waals surface area contributed by atoms with E-state index in [2.05, 4.69) is 11.3 Å². The molecule has 0 spiro atoms. The molecule has 0 fully saturated rings. The fraction of sp³-hybridized carbons (Fsp3) is 0.286. The van der Waals surface area contributed by atoms with E-state index in [4.69, 9.17) is 0 Å². The second-order valence-electron chi connectivity index (χ2n) is 4.38. The molecule has 1 N–H and O–H groups in total. The maximum atomic E-state index is 11.8. The number of rotatable bonds is 6. The van der Waals surface area contributed by atoms with E-state index in [0.717, 1.165) is 5.56 Å². The van der Waals surface area contributed by atoms with Gasteiger partial charge < -0.3 is 0 Å². The number of sulfonamides is 1. The molecule has 18 heavy (non-hydrogen) atoms. The summed E-state index contributed by atoms with van der Waals surface area (Å²) in [4.78, 5) is 0. The summed E-state index contributed by atoms with van der Waals surface area (Å²) in [6.07, 6.45) is 3.18. The van der Waals surface area contributed by atoms with Gasteiger partial charge in [0.05, 0.1) is 0 Å². The zero-order valence-corrected chi connectivity index (χ0v) is 11.5. The van der Waals surface area contributed by atoms with Crippen LogP contribution >= 0.6 is 0 Å². The first-order chi connectivity index (χ1) is 8.44. The van der Waals surface area contributed by atoms with E-state index < -0.39 is 10.0 Å². The minimum Gasteiger partial charge on any atom is -0.208 e. The van der Waals surface area contributed by atoms with Crippen LogP contribution < -0.4 is 4.72 Å². The van der Waals surface area contributed by atoms with Gasteiger partial charge in [-0.05, 0) is 17.6 Å². The maximum Gasteiger partial charge on any atom is 0.234 e. The number of hydrogen-bond acceptors (Lipinski definition) is 2. The predicted octanol–water partition coefficient (Wildman–Crippen LogP) is 2.79. The lowest BCUT2D eigenvalue weighted by Gasteiger charge is -2.16. The van der Waals surface area contributed by atoms with Crippen LogP contribution in [0.15, 0.2) is 48.4 Å². The minimum atomic E-state index is -3.44. The molecule has 3 nitrogen and oxygen atoms in total. The average Bonchev–Trinajstić information content (AvgIpc) is 2.35. The highest BCUT2D eigenvalue weighted by molar-refractivity contribution is 7.92. The van der Waals surface area contributed by atoms with Crippen LogP contribution in [0, 0.1) is 5.92 Å². The Hall–Kier alpha value is -1.39. The molecule has 0 aliphatic heterocycles. The van der Waals surface area contributed by atoms with E-state index in [1.165, 1.54) is 5.41 Å². The van der Waals surface area contributed by atoms with Gasteiger partial charge in [-0.2, -0.15) is 0 Å². The molecule has 0 saturated carbocycles. The second-order valence-corrected chi connectivity index (χ2v) is 5.98. The Morgan fingerprint density at radius 3 is 2.33 bits per heavy atom. The zero-order valence-electron chi connectivity index (χ0n) is 10.7. The molecular formula is C14H19NO2S. The van der Waals surface area contributed by atoms with E-state index in [1.54, 1.807) is 12.2 Å². The van der Waals surface area contributed by atoms with Crippen LogP contribution in [-0.2, 0) is 10.0 Å². The zero-order chi connectivity index (χ0) is 13.6. The molecule has 0 saturated heterocycles. The van der Waals surface area contributed by atoms with Gasteiger partial charge in [0, 0.05) is 11.4 Å². The highest BCUT2D eigenvalue weighted by Gasteiger charge is 2.15. The lowest BCUT2D eigenvalue weighted by molar-refractivity contribution is 0.514. The molecule has 0 amide bonds. The van der Waals surface area contributed by atoms with Crippen LogP contribution in [0.3, 0.4) is 0 Å². The van der Waals surface area contributed by atoms with Gasteiger partial charge >= 0.3 is 0 Å². The van der Waals surface area contributed by atoms with Crippen LogP contribution in [0.1, 0.15) is 19.4 Å². The standard InChI is InChI=1S/C14H19NO2S/c1-4-14(12(2)3)15-18(16,17)11-10-13-8-6-5-7-9-13/h4-12,14-15H,1H2,2-3H3/b11-10+/t14-/m1/s1. The van der Waals surface area contributed by atoms with Crippen molar-refractivity contribution >= 4 is 16.1 Å². The van der Waals surface area contributed by atoms with Crippen molar-refractivity contribution in [2.24, 2.45) is 5.92 Å². The third-order valence-electron chi connectivity index (χ3n) is 2.51. The first-order valence-electron chi connectivity index (χ1n) is 5.82. The first-order valence-corrected chi connectivity index (χ1v) is 7.37. The summed E-state index contributed by atoms with van der Waals surface area (Å²) >= 11 is 0. The maximum absolute atomic E-state index is 11.8. The van der Waals surface area contributed by atoms with E-state index in [-0.39, 0.29) is 12.0 Å². The Morgan fingerprint density at radius 2 is 1.83 bits per heavy atom. The topological polar surface area (TPSA) is 46.2 Å². The molecule has 0 aliphatic rings. The van der Waals surface area contributed by atoms with Crippen LogP contribution in [-0.4, -0.2) is 14.5 Å². The number of benzene rings is 1. The molecule has 0 aliphatic carbocycles. The third-order valence-corrected chi connectivity index (χ3v) is 3.61. The fourth-order valence-electron chi connectivity index (χ4n) is 1.42. The quantitative estimate of drug-likeness (QED) is 0.804. The van der Waals surface area contributed by atoms with Gasteiger partial charge in [0.25, 0.3) is 0 Å². The smallest absolute Gasteiger partial charge is 0.208 e. The Labute approximate surface area is 109 Å². The third kappa shape index (κ3) is 4.85. The van der Waals surface area contributed by atoms with E-state index in [9.17, 15) is 8.42 Å². The van der Waals surface area contributed by atoms with Gasteiger partial charge in [0.1, 0.15) is 0 Å². The largest absolute Gasteiger partial charge is 0.234 e. The summed E-state index contributed by atoms with van der Waals surface area (Å²) in [6, 6.07) is 9.05. The van der Waals surface area contributed by atoms with Gasteiger partial charge in [0.2, 0.25) is 10.0 Å². The molecular weight excluding hydrogens is 246 g/mol. The number of nitrogens with one attached hydrogen (secondary N) is 1. The highest BCUT2D eigenvalue weighted by atomic mass is 32.2. The van der Waals surface area contributed by atoms with E-state index in [0.29, 0.717) is 0 Å². The molecule has 0 radical (unpaired) electrons. The summed E-state index contributed by atoms with van der Waals surface area (Å²) in [6.45, 7) is 7.51. The second kappa shape index (κ2) is 6.52. The van der Waals surface area contributed by atoms with Gasteiger partial charge in [-0.25, -0.2) is 13.1 Å². The SMILES string of the molecule is C=C[C@@H](NS(=O)(=O)/C=C/c1ccccc1)C(C)C. The summed E-state index contributed by atoms with van der Waals surface area (Å²) in [5.41, 5.74) is 0.850. The summed E-state index contributed by atoms with van der Waals surface area (Å²) in [5.74, 6) is 0.169. The lowest BCUT2D eigenvalue weighted by atomic mass is 10.1. The fourth-order valence-corrected chi connectivity index (χ4v) is 2.58. The van der Waals surface area contributed by atoms with Crippen LogP contribution in [0.4, 0.5) is 0 Å². The normalized spacial score (nSPS) is 13.9. The molecule has 4 heteroatoms. The van der Waals surface area contributed by atoms with E-state index in [1.807, 2.05) is 44.2 Å². The van der Waals surface area contributed by atoms with Gasteiger partial charge in [-0.3, -0.25) is 0 Å². The minimum absolute atomic E-state index is 0.169. The van der Waals surface area contributed by atoms with Gasteiger partial charge in [0.15, 0.2) is 0 Å². The van der Waals surface area contributed by atoms with Crippen LogP contribution in [0.5, 0.6) is 0 Å². The number of hydrogen-bond donors (Lipinski definition) is 1. The van der Waals surface area contributed by atoms with E-state index >= 15 is 0 Å². The lowest BCUT2D eigenvalue weighted by Crippen LogP contribution is -2.35. The van der Waals surface area contributed by atoms with Crippen molar-refractivity contribution in [3.8, 4) is 0 Å². The molecule has 1 rings (SSSR count). The molecule has 0 unspecified atom stereocenters. The van der Waals surface area contributed by atoms with Crippen molar-refractivity contribution in [1.29, 1.82) is 0 Å². The first kappa shape index (κ1) is 14.7. The molecule has 0 heterocycles. The predicted molar refractivity (Wildman–Crippen MR) is 76.4 cm³/mol. The molecule has 0 aromatic heterocycles. The molecule has 1 aromatic rings. The highest BCUT2D eigenvalue weighted by Crippen LogP contribution is 2.07. The molecule has 1 atom stereocenters. The van der Waals surface area contributed by atoms with Crippen molar-refractivity contribution in [2.75, 3.05) is 0 Å². The Balaban J connectivity index is 2.76. The Bertz CT molecular complexity index is 504. The average molecular weight is 265 g/mol. The van der Waals surface area contributed by atoms with Crippen molar-refractivity contribution in [1.82, 2.24) is 4.72 Å². The summed E-state index contributed by atoms with van der Waals surface area (Å²) < 4.78 is 26.2. The van der Waals surface area contributed by atoms with Crippen LogP contribution in [0.25, 0.3) is 6.08 Å². The van der Waals surface area contributed by atoms with Crippen molar-refractivity contribution in [2.45, 2.75) is 19.9 Å². The monoisotopic (exact) mass is 265 g/mol. The van der Waals surface area contributed by atoms with Gasteiger partial charge in [-0.15, -0.1) is 6.58 Å². The molecule has 98 valence electrons. The Morgan fingerprint density at radius 1 is 1.22 bits per heavy atom. The van der Waals surface area contributed by atoms with Crippen molar-refractivity contribution in [3.05, 3.63) is 54.0 Å². The van der Waals surface area contributed by atoms with Crippen LogP contribution in [0.2, 0.25) is 0 Å². The van der Waals surface area contributed by atoms with Crippen molar-refractivity contribution in [3.63, 3.8) is 0 Å². The summed E-state index contributed by atoms with van der Waals surface area (Å²) in [5, 5.41) is 1.18. The van der Waals surface area contributed by atoms with Crippen molar-refractivity contribution < 1.29 is 8.42 Å². The Kier molecular flexibility index (Phi) is 5.31.